The Kier molecular flexibility index (Phi) is 6.46. The number of carbonyl (C=O) groups is 1. The van der Waals surface area contributed by atoms with Gasteiger partial charge in [0.05, 0.1) is 18.7 Å². The van der Waals surface area contributed by atoms with Gasteiger partial charge in [-0.1, -0.05) is 25.1 Å². The van der Waals surface area contributed by atoms with Crippen molar-refractivity contribution >= 4 is 17.2 Å². The summed E-state index contributed by atoms with van der Waals surface area (Å²) in [6, 6.07) is 15.2. The highest BCUT2D eigenvalue weighted by Crippen LogP contribution is 2.33. The van der Waals surface area contributed by atoms with Crippen molar-refractivity contribution in [3.63, 3.8) is 0 Å². The van der Waals surface area contributed by atoms with Crippen molar-refractivity contribution in [2.75, 3.05) is 25.5 Å². The number of nitrogens with one attached hydrogen (secondary N) is 2. The van der Waals surface area contributed by atoms with E-state index in [1.165, 1.54) is 5.57 Å². The third-order valence-electron chi connectivity index (χ3n) is 4.99. The first kappa shape index (κ1) is 19.7. The van der Waals surface area contributed by atoms with Gasteiger partial charge in [0.1, 0.15) is 5.75 Å². The minimum absolute atomic E-state index is 0.0543. The van der Waals surface area contributed by atoms with Gasteiger partial charge in [0.15, 0.2) is 0 Å². The summed E-state index contributed by atoms with van der Waals surface area (Å²) in [6.07, 6.45) is 3.56. The van der Waals surface area contributed by atoms with Gasteiger partial charge >= 0.3 is 0 Å². The maximum Gasteiger partial charge on any atom is 0.224 e. The van der Waals surface area contributed by atoms with Gasteiger partial charge < -0.3 is 15.4 Å². The highest BCUT2D eigenvalue weighted by molar-refractivity contribution is 5.91. The average molecular weight is 375 g/mol. The SMILES string of the molecule is COc1cc(C(C)CC(=O)Nc2ccc(C#N)cc2)ccc1C1=CCNCC1. The molecule has 1 unspecified atom stereocenters. The molecule has 1 atom stereocenters. The second-order valence-electron chi connectivity index (χ2n) is 6.99. The highest BCUT2D eigenvalue weighted by atomic mass is 16.5. The molecule has 5 heteroatoms. The minimum atomic E-state index is -0.0543. The van der Waals surface area contributed by atoms with Crippen molar-refractivity contribution < 1.29 is 9.53 Å². The highest BCUT2D eigenvalue weighted by Gasteiger charge is 2.16. The van der Waals surface area contributed by atoms with E-state index in [9.17, 15) is 4.79 Å². The largest absolute Gasteiger partial charge is 0.496 e. The Hall–Kier alpha value is -3.10. The average Bonchev–Trinajstić information content (AvgIpc) is 2.74. The topological polar surface area (TPSA) is 74.1 Å². The van der Waals surface area contributed by atoms with Crippen LogP contribution < -0.4 is 15.4 Å². The molecule has 2 N–H and O–H groups in total. The second-order valence-corrected chi connectivity index (χ2v) is 6.99. The Morgan fingerprint density at radius 2 is 2.07 bits per heavy atom. The van der Waals surface area contributed by atoms with Crippen LogP contribution in [0.2, 0.25) is 0 Å². The predicted molar refractivity (Wildman–Crippen MR) is 111 cm³/mol. The van der Waals surface area contributed by atoms with E-state index in [0.29, 0.717) is 17.7 Å². The number of rotatable bonds is 6. The lowest BCUT2D eigenvalue weighted by Crippen LogP contribution is -2.20. The third-order valence-corrected chi connectivity index (χ3v) is 4.99. The summed E-state index contributed by atoms with van der Waals surface area (Å²) in [4.78, 5) is 12.4. The summed E-state index contributed by atoms with van der Waals surface area (Å²) in [5.74, 6) is 0.856. The zero-order valence-corrected chi connectivity index (χ0v) is 16.3. The van der Waals surface area contributed by atoms with Gasteiger partial charge in [-0.2, -0.15) is 5.26 Å². The van der Waals surface area contributed by atoms with Crippen molar-refractivity contribution in [3.8, 4) is 11.8 Å². The summed E-state index contributed by atoms with van der Waals surface area (Å²) in [5.41, 5.74) is 4.77. The lowest BCUT2D eigenvalue weighted by atomic mass is 9.92. The fourth-order valence-corrected chi connectivity index (χ4v) is 3.38. The molecule has 3 rings (SSSR count). The smallest absolute Gasteiger partial charge is 0.224 e. The zero-order valence-electron chi connectivity index (χ0n) is 16.3. The van der Waals surface area contributed by atoms with Crippen LogP contribution in [0.15, 0.2) is 48.5 Å². The molecule has 28 heavy (non-hydrogen) atoms. The van der Waals surface area contributed by atoms with Gasteiger partial charge in [0.2, 0.25) is 5.91 Å². The Balaban J connectivity index is 1.67. The van der Waals surface area contributed by atoms with Crippen molar-refractivity contribution in [1.29, 1.82) is 5.26 Å². The van der Waals surface area contributed by atoms with Crippen molar-refractivity contribution in [3.05, 3.63) is 65.2 Å². The van der Waals surface area contributed by atoms with E-state index in [0.717, 1.165) is 36.4 Å². The van der Waals surface area contributed by atoms with Gasteiger partial charge in [0, 0.05) is 24.2 Å². The van der Waals surface area contributed by atoms with Gasteiger partial charge in [-0.15, -0.1) is 0 Å². The second kappa shape index (κ2) is 9.20. The molecule has 0 aliphatic carbocycles. The number of amides is 1. The van der Waals surface area contributed by atoms with E-state index in [1.54, 1.807) is 31.4 Å². The molecule has 2 aromatic rings. The summed E-state index contributed by atoms with van der Waals surface area (Å²) >= 11 is 0. The maximum absolute atomic E-state index is 12.4. The number of hydrogen-bond acceptors (Lipinski definition) is 4. The minimum Gasteiger partial charge on any atom is -0.496 e. The molecule has 1 amide bonds. The van der Waals surface area contributed by atoms with E-state index < -0.39 is 0 Å². The molecule has 0 fully saturated rings. The van der Waals surface area contributed by atoms with Gasteiger partial charge in [-0.3, -0.25) is 4.79 Å². The molecule has 0 radical (unpaired) electrons. The van der Waals surface area contributed by atoms with Crippen LogP contribution >= 0.6 is 0 Å². The predicted octanol–water partition coefficient (Wildman–Crippen LogP) is 4.08. The zero-order chi connectivity index (χ0) is 19.9. The number of methoxy groups -OCH3 is 1. The van der Waals surface area contributed by atoms with E-state index in [4.69, 9.17) is 10.00 Å². The third kappa shape index (κ3) is 4.79. The molecule has 0 saturated carbocycles. The van der Waals surface area contributed by atoms with Crippen LogP contribution in [-0.4, -0.2) is 26.1 Å². The number of nitriles is 1. The molecule has 0 aromatic heterocycles. The summed E-state index contributed by atoms with van der Waals surface area (Å²) in [5, 5.41) is 15.1. The lowest BCUT2D eigenvalue weighted by molar-refractivity contribution is -0.116. The maximum atomic E-state index is 12.4. The molecule has 1 aliphatic heterocycles. The first-order valence-corrected chi connectivity index (χ1v) is 9.48. The first-order valence-electron chi connectivity index (χ1n) is 9.48. The molecular weight excluding hydrogens is 350 g/mol. The van der Waals surface area contributed by atoms with E-state index in [-0.39, 0.29) is 11.8 Å². The van der Waals surface area contributed by atoms with Crippen LogP contribution in [-0.2, 0) is 4.79 Å². The van der Waals surface area contributed by atoms with Crippen LogP contribution in [0.3, 0.4) is 0 Å². The molecule has 1 aliphatic rings. The Morgan fingerprint density at radius 1 is 1.29 bits per heavy atom. The summed E-state index contributed by atoms with van der Waals surface area (Å²) < 4.78 is 5.62. The normalized spacial score (nSPS) is 14.5. The fourth-order valence-electron chi connectivity index (χ4n) is 3.38. The quantitative estimate of drug-likeness (QED) is 0.798. The molecule has 0 spiro atoms. The fraction of sp³-hybridized carbons (Fsp3) is 0.304. The van der Waals surface area contributed by atoms with Gasteiger partial charge in [-0.05, 0) is 60.4 Å². The molecule has 0 saturated heterocycles. The van der Waals surface area contributed by atoms with E-state index >= 15 is 0 Å². The Morgan fingerprint density at radius 3 is 2.71 bits per heavy atom. The number of carbonyl (C=O) groups excluding carboxylic acids is 1. The first-order chi connectivity index (χ1) is 13.6. The number of hydrogen-bond donors (Lipinski definition) is 2. The molecule has 5 nitrogen and oxygen atoms in total. The summed E-state index contributed by atoms with van der Waals surface area (Å²) in [7, 11) is 1.69. The Bertz CT molecular complexity index is 910. The molecular formula is C23H25N3O2. The molecule has 144 valence electrons. The van der Waals surface area contributed by atoms with Crippen molar-refractivity contribution in [1.82, 2.24) is 5.32 Å². The van der Waals surface area contributed by atoms with E-state index in [1.807, 2.05) is 13.0 Å². The van der Waals surface area contributed by atoms with Gasteiger partial charge in [-0.25, -0.2) is 0 Å². The molecule has 2 aromatic carbocycles. The van der Waals surface area contributed by atoms with Crippen LogP contribution in [0.1, 0.15) is 42.4 Å². The lowest BCUT2D eigenvalue weighted by Gasteiger charge is -2.19. The standard InChI is InChI=1S/C23H25N3O2/c1-16(13-23(27)26-20-6-3-17(15-24)4-7-20)19-5-8-21(22(14-19)28-2)18-9-11-25-12-10-18/h3-9,14,16,25H,10-13H2,1-2H3,(H,26,27). The number of anilines is 1. The van der Waals surface area contributed by atoms with Gasteiger partial charge in [0.25, 0.3) is 0 Å². The monoisotopic (exact) mass is 375 g/mol. The number of benzene rings is 2. The van der Waals surface area contributed by atoms with Crippen LogP contribution in [0, 0.1) is 11.3 Å². The van der Waals surface area contributed by atoms with Crippen LogP contribution in [0.25, 0.3) is 5.57 Å². The number of nitrogens with zero attached hydrogens (tertiary/aromatic N) is 1. The molecule has 0 bridgehead atoms. The van der Waals surface area contributed by atoms with E-state index in [2.05, 4.69) is 34.9 Å². The van der Waals surface area contributed by atoms with Crippen molar-refractivity contribution in [2.45, 2.75) is 25.7 Å². The molecule has 1 heterocycles. The summed E-state index contributed by atoms with van der Waals surface area (Å²) in [6.45, 7) is 3.89. The van der Waals surface area contributed by atoms with Crippen LogP contribution in [0.4, 0.5) is 5.69 Å². The number of ether oxygens (including phenoxy) is 1. The van der Waals surface area contributed by atoms with Crippen molar-refractivity contribution in [2.24, 2.45) is 0 Å². The Labute approximate surface area is 166 Å². The van der Waals surface area contributed by atoms with Crippen LogP contribution in [0.5, 0.6) is 5.75 Å².